The summed E-state index contributed by atoms with van der Waals surface area (Å²) in [6.07, 6.45) is 0.827. The van der Waals surface area contributed by atoms with Gasteiger partial charge in [0.05, 0.1) is 0 Å². The van der Waals surface area contributed by atoms with Crippen molar-refractivity contribution in [3.63, 3.8) is 0 Å². The van der Waals surface area contributed by atoms with E-state index in [0.29, 0.717) is 12.4 Å². The Morgan fingerprint density at radius 1 is 1.13 bits per heavy atom. The van der Waals surface area contributed by atoms with Gasteiger partial charge in [-0.2, -0.15) is 4.98 Å². The van der Waals surface area contributed by atoms with Crippen molar-refractivity contribution >= 4 is 5.82 Å². The van der Waals surface area contributed by atoms with Crippen molar-refractivity contribution in [3.8, 4) is 17.4 Å². The van der Waals surface area contributed by atoms with Crippen LogP contribution in [-0.4, -0.2) is 22.6 Å². The van der Waals surface area contributed by atoms with E-state index >= 15 is 0 Å². The lowest BCUT2D eigenvalue weighted by Gasteiger charge is -2.34. The van der Waals surface area contributed by atoms with E-state index in [1.165, 1.54) is 18.2 Å². The maximum absolute atomic E-state index is 14.4. The Kier molecular flexibility index (Phi) is 5.58. The first-order chi connectivity index (χ1) is 14.8. The molecule has 4 rings (SSSR count). The molecular formula is C22H20F3N3O3. The Morgan fingerprint density at radius 3 is 2.58 bits per heavy atom. The van der Waals surface area contributed by atoms with E-state index in [9.17, 15) is 18.0 Å². The van der Waals surface area contributed by atoms with Crippen molar-refractivity contribution in [3.05, 3.63) is 76.0 Å². The molecule has 162 valence electrons. The van der Waals surface area contributed by atoms with E-state index < -0.39 is 28.9 Å². The fourth-order valence-corrected chi connectivity index (χ4v) is 3.38. The third-order valence-corrected chi connectivity index (χ3v) is 5.22. The maximum Gasteiger partial charge on any atom is 0.352 e. The molecule has 0 saturated carbocycles. The van der Waals surface area contributed by atoms with Gasteiger partial charge in [0, 0.05) is 31.8 Å². The lowest BCUT2D eigenvalue weighted by molar-refractivity contribution is 0.287. The van der Waals surface area contributed by atoms with Crippen molar-refractivity contribution in [2.24, 2.45) is 0 Å². The number of aromatic nitrogens is 2. The van der Waals surface area contributed by atoms with Gasteiger partial charge >= 0.3 is 5.69 Å². The second kappa shape index (κ2) is 8.33. The minimum atomic E-state index is -0.963. The lowest BCUT2D eigenvalue weighted by Crippen LogP contribution is -2.41. The van der Waals surface area contributed by atoms with Crippen LogP contribution in [0.5, 0.6) is 17.4 Å². The highest BCUT2D eigenvalue weighted by atomic mass is 19.1. The number of nitrogens with zero attached hydrogens (tertiary/aromatic N) is 3. The molecule has 1 aliphatic rings. The maximum atomic E-state index is 14.4. The van der Waals surface area contributed by atoms with Crippen LogP contribution in [0.1, 0.15) is 18.9 Å². The van der Waals surface area contributed by atoms with Crippen LogP contribution in [0.2, 0.25) is 0 Å². The monoisotopic (exact) mass is 431 g/mol. The van der Waals surface area contributed by atoms with Gasteiger partial charge in [0.1, 0.15) is 24.0 Å². The predicted molar refractivity (Wildman–Crippen MR) is 108 cm³/mol. The molecule has 2 aromatic carbocycles. The standard InChI is InChI=1S/C22H20F3N3O3/c1-13-6-7-28-20(27(13)2)11-19(26-22(28)29)30-12-14-8-17(24)21(18(25)9-14)31-16-5-3-4-15(23)10-16/h3-5,8-11,13H,6-7,12H2,1-2H3/t13-/m0/s1. The van der Waals surface area contributed by atoms with E-state index in [2.05, 4.69) is 4.98 Å². The zero-order chi connectivity index (χ0) is 22.1. The van der Waals surface area contributed by atoms with Crippen LogP contribution in [0.15, 0.2) is 47.3 Å². The van der Waals surface area contributed by atoms with Crippen LogP contribution in [0, 0.1) is 17.5 Å². The Balaban J connectivity index is 1.52. The number of anilines is 1. The van der Waals surface area contributed by atoms with E-state index in [1.54, 1.807) is 10.6 Å². The summed E-state index contributed by atoms with van der Waals surface area (Å²) >= 11 is 0. The third-order valence-electron chi connectivity index (χ3n) is 5.22. The second-order valence-electron chi connectivity index (χ2n) is 7.37. The van der Waals surface area contributed by atoms with Crippen molar-refractivity contribution in [2.75, 3.05) is 11.9 Å². The summed E-state index contributed by atoms with van der Waals surface area (Å²) in [7, 11) is 1.88. The highest BCUT2D eigenvalue weighted by molar-refractivity contribution is 5.44. The summed E-state index contributed by atoms with van der Waals surface area (Å²) in [6.45, 7) is 2.41. The largest absolute Gasteiger partial charge is 0.473 e. The van der Waals surface area contributed by atoms with E-state index in [1.807, 2.05) is 18.9 Å². The first kappa shape index (κ1) is 20.8. The Labute approximate surface area is 176 Å². The van der Waals surface area contributed by atoms with Gasteiger partial charge in [-0.1, -0.05) is 6.07 Å². The topological polar surface area (TPSA) is 56.6 Å². The number of rotatable bonds is 5. The summed E-state index contributed by atoms with van der Waals surface area (Å²) in [5.74, 6) is -2.45. The van der Waals surface area contributed by atoms with Crippen molar-refractivity contribution in [2.45, 2.75) is 32.5 Å². The summed E-state index contributed by atoms with van der Waals surface area (Å²) in [4.78, 5) is 18.1. The van der Waals surface area contributed by atoms with E-state index in [-0.39, 0.29) is 29.8 Å². The number of halogens is 3. The normalized spacial score (nSPS) is 15.5. The van der Waals surface area contributed by atoms with E-state index in [4.69, 9.17) is 9.47 Å². The number of hydrogen-bond acceptors (Lipinski definition) is 5. The SMILES string of the molecule is C[C@H]1CCn2c(cc(OCc3cc(F)c(Oc4cccc(F)c4)c(F)c3)nc2=O)N1C. The lowest BCUT2D eigenvalue weighted by atomic mass is 10.1. The molecule has 0 fully saturated rings. The van der Waals surface area contributed by atoms with Gasteiger partial charge < -0.3 is 14.4 Å². The average Bonchev–Trinajstić information content (AvgIpc) is 2.72. The Hall–Kier alpha value is -3.49. The van der Waals surface area contributed by atoms with Gasteiger partial charge in [-0.25, -0.2) is 18.0 Å². The minimum absolute atomic E-state index is 0.0288. The number of hydrogen-bond donors (Lipinski definition) is 0. The zero-order valence-corrected chi connectivity index (χ0v) is 16.9. The van der Waals surface area contributed by atoms with Crippen LogP contribution in [0.3, 0.4) is 0 Å². The van der Waals surface area contributed by atoms with Crippen LogP contribution in [-0.2, 0) is 13.2 Å². The molecule has 0 saturated heterocycles. The highest BCUT2D eigenvalue weighted by Gasteiger charge is 2.22. The van der Waals surface area contributed by atoms with E-state index in [0.717, 1.165) is 24.6 Å². The van der Waals surface area contributed by atoms with Crippen molar-refractivity contribution < 1.29 is 22.6 Å². The summed E-state index contributed by atoms with van der Waals surface area (Å²) < 4.78 is 54.3. The fraction of sp³-hybridized carbons (Fsp3) is 0.273. The molecule has 31 heavy (non-hydrogen) atoms. The molecule has 0 bridgehead atoms. The van der Waals surface area contributed by atoms with Gasteiger partial charge in [0.2, 0.25) is 5.88 Å². The minimum Gasteiger partial charge on any atom is -0.473 e. The Bertz CT molecular complexity index is 1160. The first-order valence-corrected chi connectivity index (χ1v) is 9.70. The molecule has 1 aromatic heterocycles. The van der Waals surface area contributed by atoms with Crippen molar-refractivity contribution in [1.82, 2.24) is 9.55 Å². The predicted octanol–water partition coefficient (Wildman–Crippen LogP) is 4.26. The van der Waals surface area contributed by atoms with Gasteiger partial charge in [-0.15, -0.1) is 0 Å². The second-order valence-corrected chi connectivity index (χ2v) is 7.37. The van der Waals surface area contributed by atoms with Gasteiger partial charge in [-0.3, -0.25) is 4.57 Å². The molecule has 0 amide bonds. The molecule has 9 heteroatoms. The molecular weight excluding hydrogens is 411 g/mol. The van der Waals surface area contributed by atoms with Crippen molar-refractivity contribution in [1.29, 1.82) is 0 Å². The highest BCUT2D eigenvalue weighted by Crippen LogP contribution is 2.30. The van der Waals surface area contributed by atoms with Gasteiger partial charge in [0.25, 0.3) is 0 Å². The number of ether oxygens (including phenoxy) is 2. The van der Waals surface area contributed by atoms with Crippen LogP contribution >= 0.6 is 0 Å². The summed E-state index contributed by atoms with van der Waals surface area (Å²) in [5, 5.41) is 0. The first-order valence-electron chi connectivity index (χ1n) is 9.70. The Morgan fingerprint density at radius 2 is 1.87 bits per heavy atom. The quantitative estimate of drug-likeness (QED) is 0.604. The fourth-order valence-electron chi connectivity index (χ4n) is 3.38. The molecule has 0 aliphatic carbocycles. The molecule has 0 radical (unpaired) electrons. The number of fused-ring (bicyclic) bond motifs is 1. The zero-order valence-electron chi connectivity index (χ0n) is 16.9. The molecule has 6 nitrogen and oxygen atoms in total. The third kappa shape index (κ3) is 4.35. The van der Waals surface area contributed by atoms with Gasteiger partial charge in [-0.05, 0) is 43.2 Å². The average molecular weight is 431 g/mol. The summed E-state index contributed by atoms with van der Waals surface area (Å²) in [5.41, 5.74) is -0.259. The van der Waals surface area contributed by atoms with Crippen LogP contribution in [0.25, 0.3) is 0 Å². The van der Waals surface area contributed by atoms with Gasteiger partial charge in [0.15, 0.2) is 17.4 Å². The molecule has 1 atom stereocenters. The molecule has 0 spiro atoms. The number of benzene rings is 2. The summed E-state index contributed by atoms with van der Waals surface area (Å²) in [6, 6.07) is 8.96. The molecule has 1 aliphatic heterocycles. The smallest absolute Gasteiger partial charge is 0.352 e. The molecule has 3 aromatic rings. The molecule has 0 unspecified atom stereocenters. The molecule has 2 heterocycles. The van der Waals surface area contributed by atoms with Crippen LogP contribution < -0.4 is 20.1 Å². The van der Waals surface area contributed by atoms with Crippen LogP contribution in [0.4, 0.5) is 19.0 Å². The molecule has 0 N–H and O–H groups in total.